The van der Waals surface area contributed by atoms with Crippen molar-refractivity contribution in [3.05, 3.63) is 50.1 Å². The van der Waals surface area contributed by atoms with Crippen LogP contribution in [0.25, 0.3) is 0 Å². The quantitative estimate of drug-likeness (QED) is 0.798. The molecule has 2 unspecified atom stereocenters. The van der Waals surface area contributed by atoms with E-state index in [4.69, 9.17) is 4.74 Å². The first-order chi connectivity index (χ1) is 10.2. The van der Waals surface area contributed by atoms with Gasteiger partial charge in [-0.2, -0.15) is 0 Å². The van der Waals surface area contributed by atoms with Crippen LogP contribution in [0.1, 0.15) is 47.9 Å². The number of nitrogens with one attached hydrogen (secondary N) is 1. The Bertz CT molecular complexity index is 608. The molecule has 0 fully saturated rings. The van der Waals surface area contributed by atoms with Crippen molar-refractivity contribution in [3.8, 4) is 5.75 Å². The lowest BCUT2D eigenvalue weighted by molar-refractivity contribution is 0.410. The topological polar surface area (TPSA) is 21.3 Å². The molecule has 1 aliphatic carbocycles. The van der Waals surface area contributed by atoms with Crippen LogP contribution in [-0.4, -0.2) is 7.11 Å². The maximum absolute atomic E-state index is 5.22. The van der Waals surface area contributed by atoms with Crippen LogP contribution in [0.15, 0.2) is 34.1 Å². The molecule has 1 heterocycles. The van der Waals surface area contributed by atoms with Crippen molar-refractivity contribution in [3.63, 3.8) is 0 Å². The molecule has 0 amide bonds. The number of rotatable bonds is 4. The number of halogens is 1. The van der Waals surface area contributed by atoms with E-state index in [0.29, 0.717) is 12.1 Å². The fourth-order valence-electron chi connectivity index (χ4n) is 2.99. The average molecular weight is 366 g/mol. The SMILES string of the molecule is COc1ccc(C(C)NC2CCCc3sc(Br)cc32)cc1. The molecule has 1 N–H and O–H groups in total. The zero-order valence-corrected chi connectivity index (χ0v) is 14.8. The van der Waals surface area contributed by atoms with Crippen LogP contribution >= 0.6 is 27.3 Å². The van der Waals surface area contributed by atoms with E-state index in [1.165, 1.54) is 39.1 Å². The molecule has 2 aromatic rings. The van der Waals surface area contributed by atoms with Gasteiger partial charge in [-0.05, 0) is 71.4 Å². The molecule has 4 heteroatoms. The number of benzene rings is 1. The molecule has 0 saturated heterocycles. The summed E-state index contributed by atoms with van der Waals surface area (Å²) in [6.07, 6.45) is 3.71. The Morgan fingerprint density at radius 3 is 2.81 bits per heavy atom. The average Bonchev–Trinajstić information content (AvgIpc) is 2.88. The summed E-state index contributed by atoms with van der Waals surface area (Å²) in [5, 5.41) is 3.79. The van der Waals surface area contributed by atoms with Crippen LogP contribution in [0.2, 0.25) is 0 Å². The van der Waals surface area contributed by atoms with Crippen LogP contribution in [0.4, 0.5) is 0 Å². The molecule has 0 radical (unpaired) electrons. The molecule has 112 valence electrons. The normalized spacial score (nSPS) is 19.1. The number of fused-ring (bicyclic) bond motifs is 1. The summed E-state index contributed by atoms with van der Waals surface area (Å²) in [6, 6.07) is 11.4. The largest absolute Gasteiger partial charge is 0.497 e. The molecule has 21 heavy (non-hydrogen) atoms. The second-order valence-corrected chi connectivity index (χ2v) is 8.05. The number of ether oxygens (including phenoxy) is 1. The molecule has 2 atom stereocenters. The minimum atomic E-state index is 0.338. The van der Waals surface area contributed by atoms with E-state index < -0.39 is 0 Å². The van der Waals surface area contributed by atoms with Crippen LogP contribution in [0, 0.1) is 0 Å². The zero-order valence-electron chi connectivity index (χ0n) is 12.4. The van der Waals surface area contributed by atoms with Gasteiger partial charge in [0.25, 0.3) is 0 Å². The van der Waals surface area contributed by atoms with Gasteiger partial charge < -0.3 is 10.1 Å². The van der Waals surface area contributed by atoms with Gasteiger partial charge in [0, 0.05) is 17.0 Å². The van der Waals surface area contributed by atoms with Gasteiger partial charge in [0.05, 0.1) is 10.9 Å². The fourth-order valence-corrected chi connectivity index (χ4v) is 4.80. The Labute approximate surface area is 138 Å². The minimum Gasteiger partial charge on any atom is -0.497 e. The molecule has 0 aliphatic heterocycles. The number of aryl methyl sites for hydroxylation is 1. The second kappa shape index (κ2) is 6.51. The summed E-state index contributed by atoms with van der Waals surface area (Å²) in [5.41, 5.74) is 2.79. The van der Waals surface area contributed by atoms with Gasteiger partial charge >= 0.3 is 0 Å². The van der Waals surface area contributed by atoms with Crippen molar-refractivity contribution in [2.24, 2.45) is 0 Å². The van der Waals surface area contributed by atoms with Crippen molar-refractivity contribution in [1.82, 2.24) is 5.32 Å². The van der Waals surface area contributed by atoms with E-state index in [1.54, 1.807) is 7.11 Å². The third kappa shape index (κ3) is 3.33. The standard InChI is InChI=1S/C17H20BrNOS/c1-11(12-6-8-13(20-2)9-7-12)19-15-4-3-5-16-14(15)10-17(18)21-16/h6-11,15,19H,3-5H2,1-2H3. The summed E-state index contributed by atoms with van der Waals surface area (Å²) in [6.45, 7) is 2.23. The van der Waals surface area contributed by atoms with Crippen molar-refractivity contribution in [2.75, 3.05) is 7.11 Å². The lowest BCUT2D eigenvalue weighted by Crippen LogP contribution is -2.27. The molecule has 2 nitrogen and oxygen atoms in total. The van der Waals surface area contributed by atoms with E-state index in [0.717, 1.165) is 5.75 Å². The monoisotopic (exact) mass is 365 g/mol. The van der Waals surface area contributed by atoms with E-state index in [1.807, 2.05) is 23.5 Å². The van der Waals surface area contributed by atoms with Crippen molar-refractivity contribution < 1.29 is 4.74 Å². The van der Waals surface area contributed by atoms with Gasteiger partial charge in [0.2, 0.25) is 0 Å². The molecule has 0 bridgehead atoms. The fraction of sp³-hybridized carbons (Fsp3) is 0.412. The minimum absolute atomic E-state index is 0.338. The Morgan fingerprint density at radius 1 is 1.33 bits per heavy atom. The summed E-state index contributed by atoms with van der Waals surface area (Å²) >= 11 is 5.51. The van der Waals surface area contributed by atoms with Crippen LogP contribution in [-0.2, 0) is 6.42 Å². The zero-order chi connectivity index (χ0) is 14.8. The highest BCUT2D eigenvalue weighted by Crippen LogP contribution is 2.39. The molecule has 1 aromatic carbocycles. The maximum Gasteiger partial charge on any atom is 0.118 e. The summed E-state index contributed by atoms with van der Waals surface area (Å²) in [5.74, 6) is 0.910. The Hall–Kier alpha value is -0.840. The summed E-state index contributed by atoms with van der Waals surface area (Å²) in [7, 11) is 1.70. The first kappa shape index (κ1) is 15.1. The first-order valence-electron chi connectivity index (χ1n) is 7.35. The number of hydrogen-bond acceptors (Lipinski definition) is 3. The Balaban J connectivity index is 1.74. The van der Waals surface area contributed by atoms with Crippen LogP contribution in [0.3, 0.4) is 0 Å². The third-order valence-corrected chi connectivity index (χ3v) is 5.86. The smallest absolute Gasteiger partial charge is 0.118 e. The first-order valence-corrected chi connectivity index (χ1v) is 8.96. The lowest BCUT2D eigenvalue weighted by atomic mass is 9.93. The molecule has 1 aliphatic rings. The number of methoxy groups -OCH3 is 1. The van der Waals surface area contributed by atoms with E-state index >= 15 is 0 Å². The van der Waals surface area contributed by atoms with Gasteiger partial charge in [-0.3, -0.25) is 0 Å². The van der Waals surface area contributed by atoms with Gasteiger partial charge in [-0.15, -0.1) is 11.3 Å². The van der Waals surface area contributed by atoms with Crippen molar-refractivity contribution in [1.29, 1.82) is 0 Å². The van der Waals surface area contributed by atoms with Crippen molar-refractivity contribution in [2.45, 2.75) is 38.3 Å². The number of hydrogen-bond donors (Lipinski definition) is 1. The predicted molar refractivity (Wildman–Crippen MR) is 92.2 cm³/mol. The molecule has 1 aromatic heterocycles. The molecule has 3 rings (SSSR count). The summed E-state index contributed by atoms with van der Waals surface area (Å²) < 4.78 is 6.47. The van der Waals surface area contributed by atoms with Gasteiger partial charge in [0.1, 0.15) is 5.75 Å². The second-order valence-electron chi connectivity index (χ2n) is 5.54. The number of thiophene rings is 1. The maximum atomic E-state index is 5.22. The molecular formula is C17H20BrNOS. The summed E-state index contributed by atoms with van der Waals surface area (Å²) in [4.78, 5) is 1.53. The molecule has 0 spiro atoms. The van der Waals surface area contributed by atoms with Gasteiger partial charge in [0.15, 0.2) is 0 Å². The van der Waals surface area contributed by atoms with Crippen LogP contribution in [0.5, 0.6) is 5.75 Å². The van der Waals surface area contributed by atoms with E-state index in [9.17, 15) is 0 Å². The highest BCUT2D eigenvalue weighted by molar-refractivity contribution is 9.11. The third-order valence-electron chi connectivity index (χ3n) is 4.15. The molecular weight excluding hydrogens is 346 g/mol. The van der Waals surface area contributed by atoms with Gasteiger partial charge in [-0.1, -0.05) is 12.1 Å². The van der Waals surface area contributed by atoms with Crippen molar-refractivity contribution >= 4 is 27.3 Å². The van der Waals surface area contributed by atoms with E-state index in [2.05, 4.69) is 46.4 Å². The predicted octanol–water partition coefficient (Wildman–Crippen LogP) is 5.25. The highest BCUT2D eigenvalue weighted by Gasteiger charge is 2.24. The van der Waals surface area contributed by atoms with E-state index in [-0.39, 0.29) is 0 Å². The molecule has 0 saturated carbocycles. The Morgan fingerprint density at radius 2 is 2.10 bits per heavy atom. The highest BCUT2D eigenvalue weighted by atomic mass is 79.9. The lowest BCUT2D eigenvalue weighted by Gasteiger charge is -2.27. The van der Waals surface area contributed by atoms with Crippen LogP contribution < -0.4 is 10.1 Å². The Kier molecular flexibility index (Phi) is 4.67. The van der Waals surface area contributed by atoms with Gasteiger partial charge in [-0.25, -0.2) is 0 Å².